The molecule has 2 aromatic heterocycles. The fraction of sp³-hybridized carbons (Fsp3) is 0. The SMILES string of the molecule is Nc1cnc(Cl)cc1-c1ccccc1.Nc1cnc(Cl)cc1I.OB(O)c1ccccc1. The third-order valence-corrected chi connectivity index (χ3v) is 5.28. The van der Waals surface area contributed by atoms with Gasteiger partial charge in [0.2, 0.25) is 0 Å². The Hall–Kier alpha value is -2.37. The number of pyridine rings is 2. The van der Waals surface area contributed by atoms with Gasteiger partial charge in [0.15, 0.2) is 0 Å². The highest BCUT2D eigenvalue weighted by Gasteiger charge is 2.07. The Kier molecular flexibility index (Phi) is 10.7. The number of rotatable bonds is 2. The highest BCUT2D eigenvalue weighted by atomic mass is 127. The summed E-state index contributed by atoms with van der Waals surface area (Å²) in [5.41, 5.74) is 15.1. The van der Waals surface area contributed by atoms with Crippen molar-refractivity contribution < 1.29 is 10.0 Å². The Labute approximate surface area is 210 Å². The van der Waals surface area contributed by atoms with Gasteiger partial charge in [-0.2, -0.15) is 0 Å². The summed E-state index contributed by atoms with van der Waals surface area (Å²) in [7, 11) is -1.34. The summed E-state index contributed by atoms with van der Waals surface area (Å²) in [5, 5.41) is 18.1. The minimum atomic E-state index is -1.34. The van der Waals surface area contributed by atoms with E-state index >= 15 is 0 Å². The van der Waals surface area contributed by atoms with Crippen LogP contribution in [0.3, 0.4) is 0 Å². The Morgan fingerprint density at radius 1 is 0.750 bits per heavy atom. The van der Waals surface area contributed by atoms with Gasteiger partial charge in [-0.25, -0.2) is 9.97 Å². The van der Waals surface area contributed by atoms with Crippen LogP contribution in [0.1, 0.15) is 0 Å². The molecule has 0 radical (unpaired) electrons. The molecular formula is C22H20BCl2IN4O2. The van der Waals surface area contributed by atoms with Crippen molar-refractivity contribution in [1.82, 2.24) is 9.97 Å². The lowest BCUT2D eigenvalue weighted by Gasteiger charge is -2.04. The summed E-state index contributed by atoms with van der Waals surface area (Å²) in [5.74, 6) is 0. The molecule has 164 valence electrons. The van der Waals surface area contributed by atoms with Crippen LogP contribution in [0.15, 0.2) is 85.2 Å². The number of aromatic nitrogens is 2. The van der Waals surface area contributed by atoms with Crippen LogP contribution >= 0.6 is 45.8 Å². The summed E-state index contributed by atoms with van der Waals surface area (Å²) >= 11 is 13.4. The Morgan fingerprint density at radius 3 is 1.72 bits per heavy atom. The molecule has 6 nitrogen and oxygen atoms in total. The molecule has 4 aromatic rings. The van der Waals surface area contributed by atoms with Gasteiger partial charge in [0.1, 0.15) is 10.3 Å². The summed E-state index contributed by atoms with van der Waals surface area (Å²) in [4.78, 5) is 7.68. The molecule has 0 amide bonds. The molecule has 0 fully saturated rings. The maximum absolute atomic E-state index is 8.58. The number of anilines is 2. The first-order valence-electron chi connectivity index (χ1n) is 9.22. The van der Waals surface area contributed by atoms with Gasteiger partial charge in [0.05, 0.1) is 23.8 Å². The van der Waals surface area contributed by atoms with Crippen molar-refractivity contribution >= 4 is 69.7 Å². The van der Waals surface area contributed by atoms with Crippen LogP contribution in [0.2, 0.25) is 10.3 Å². The first-order valence-corrected chi connectivity index (χ1v) is 11.1. The second-order valence-electron chi connectivity index (χ2n) is 6.27. The van der Waals surface area contributed by atoms with Crippen LogP contribution in [-0.2, 0) is 0 Å². The zero-order valence-corrected chi connectivity index (χ0v) is 20.4. The molecule has 0 atom stereocenters. The van der Waals surface area contributed by atoms with E-state index in [0.717, 1.165) is 14.7 Å². The lowest BCUT2D eigenvalue weighted by Crippen LogP contribution is -2.29. The lowest BCUT2D eigenvalue weighted by atomic mass is 9.81. The summed E-state index contributed by atoms with van der Waals surface area (Å²) < 4.78 is 0.938. The predicted molar refractivity (Wildman–Crippen MR) is 142 cm³/mol. The first-order chi connectivity index (χ1) is 15.3. The van der Waals surface area contributed by atoms with E-state index in [4.69, 9.17) is 44.7 Å². The van der Waals surface area contributed by atoms with Crippen LogP contribution < -0.4 is 16.9 Å². The number of nitrogens with two attached hydrogens (primary N) is 2. The first kappa shape index (κ1) is 25.9. The number of hydrogen-bond donors (Lipinski definition) is 4. The van der Waals surface area contributed by atoms with Crippen LogP contribution in [0.4, 0.5) is 11.4 Å². The molecule has 0 saturated heterocycles. The molecule has 0 aliphatic carbocycles. The Bertz CT molecular complexity index is 1120. The zero-order valence-electron chi connectivity index (χ0n) is 16.7. The molecular weight excluding hydrogens is 561 g/mol. The van der Waals surface area contributed by atoms with Crippen LogP contribution in [0, 0.1) is 3.57 Å². The highest BCUT2D eigenvalue weighted by Crippen LogP contribution is 2.26. The van der Waals surface area contributed by atoms with Gasteiger partial charge in [-0.3, -0.25) is 0 Å². The Balaban J connectivity index is 0.000000178. The summed E-state index contributed by atoms with van der Waals surface area (Å²) in [6, 6.07) is 22.0. The highest BCUT2D eigenvalue weighted by molar-refractivity contribution is 14.1. The van der Waals surface area contributed by atoms with Gasteiger partial charge < -0.3 is 21.5 Å². The fourth-order valence-electron chi connectivity index (χ4n) is 2.35. The van der Waals surface area contributed by atoms with Gasteiger partial charge in [-0.1, -0.05) is 83.9 Å². The predicted octanol–water partition coefficient (Wildman–Crippen LogP) is 4.27. The standard InChI is InChI=1S/C11H9ClN2.C6H7BO2.C5H4ClIN2/c12-11-6-9(10(13)7-14-11)8-4-2-1-3-5-8;8-7(9)6-4-2-1-3-5-6;6-5-1-3(7)4(8)2-9-5/h1-7H,13H2;1-5,8-9H;1-2H,8H2. The lowest BCUT2D eigenvalue weighted by molar-refractivity contribution is 0.426. The van der Waals surface area contributed by atoms with Gasteiger partial charge in [0, 0.05) is 9.13 Å². The molecule has 0 bridgehead atoms. The third kappa shape index (κ3) is 8.64. The van der Waals surface area contributed by atoms with Crippen molar-refractivity contribution in [1.29, 1.82) is 0 Å². The molecule has 0 aliphatic heterocycles. The van der Waals surface area contributed by atoms with E-state index in [1.165, 1.54) is 0 Å². The summed E-state index contributed by atoms with van der Waals surface area (Å²) in [6.45, 7) is 0. The molecule has 32 heavy (non-hydrogen) atoms. The number of halogens is 3. The van der Waals surface area contributed by atoms with Crippen molar-refractivity contribution in [2.75, 3.05) is 11.5 Å². The minimum Gasteiger partial charge on any atom is -0.423 e. The minimum absolute atomic E-state index is 0.457. The molecule has 0 unspecified atom stereocenters. The van der Waals surface area contributed by atoms with E-state index < -0.39 is 7.12 Å². The van der Waals surface area contributed by atoms with Crippen molar-refractivity contribution in [3.05, 3.63) is 99.1 Å². The quantitative estimate of drug-likeness (QED) is 0.160. The van der Waals surface area contributed by atoms with Crippen molar-refractivity contribution in [2.45, 2.75) is 0 Å². The number of hydrogen-bond acceptors (Lipinski definition) is 6. The molecule has 0 spiro atoms. The van der Waals surface area contributed by atoms with Gasteiger partial charge in [-0.15, -0.1) is 0 Å². The summed E-state index contributed by atoms with van der Waals surface area (Å²) in [6.07, 6.45) is 3.12. The Morgan fingerprint density at radius 2 is 1.25 bits per heavy atom. The maximum Gasteiger partial charge on any atom is 0.488 e. The average molecular weight is 581 g/mol. The average Bonchev–Trinajstić information content (AvgIpc) is 2.80. The van der Waals surface area contributed by atoms with Crippen LogP contribution in [0.5, 0.6) is 0 Å². The zero-order chi connectivity index (χ0) is 23.5. The molecule has 2 aromatic carbocycles. The molecule has 6 N–H and O–H groups in total. The monoisotopic (exact) mass is 580 g/mol. The third-order valence-electron chi connectivity index (χ3n) is 3.93. The van der Waals surface area contributed by atoms with E-state index in [1.54, 1.807) is 48.8 Å². The second kappa shape index (κ2) is 13.2. The van der Waals surface area contributed by atoms with Crippen molar-refractivity contribution in [3.63, 3.8) is 0 Å². The van der Waals surface area contributed by atoms with Crippen molar-refractivity contribution in [2.24, 2.45) is 0 Å². The number of benzene rings is 2. The normalized spacial score (nSPS) is 9.66. The van der Waals surface area contributed by atoms with Gasteiger partial charge in [0.25, 0.3) is 0 Å². The van der Waals surface area contributed by atoms with E-state index in [2.05, 4.69) is 32.6 Å². The van der Waals surface area contributed by atoms with Crippen LogP contribution in [-0.4, -0.2) is 27.1 Å². The largest absolute Gasteiger partial charge is 0.488 e. The molecule has 4 rings (SSSR count). The van der Waals surface area contributed by atoms with E-state index in [9.17, 15) is 0 Å². The van der Waals surface area contributed by atoms with E-state index in [1.807, 2.05) is 36.4 Å². The smallest absolute Gasteiger partial charge is 0.423 e. The molecule has 10 heteroatoms. The van der Waals surface area contributed by atoms with Crippen molar-refractivity contribution in [3.8, 4) is 11.1 Å². The molecule has 0 saturated carbocycles. The van der Waals surface area contributed by atoms with E-state index in [0.29, 0.717) is 27.1 Å². The number of nitrogens with zero attached hydrogens (tertiary/aromatic N) is 2. The van der Waals surface area contributed by atoms with E-state index in [-0.39, 0.29) is 0 Å². The number of nitrogen functional groups attached to an aromatic ring is 2. The van der Waals surface area contributed by atoms with Gasteiger partial charge in [-0.05, 0) is 45.7 Å². The van der Waals surface area contributed by atoms with Gasteiger partial charge >= 0.3 is 7.12 Å². The van der Waals surface area contributed by atoms with Crippen LogP contribution in [0.25, 0.3) is 11.1 Å². The molecule has 0 aliphatic rings. The fourth-order valence-corrected chi connectivity index (χ4v) is 3.29. The molecule has 2 heterocycles. The maximum atomic E-state index is 8.58. The topological polar surface area (TPSA) is 118 Å². The second-order valence-corrected chi connectivity index (χ2v) is 8.21.